The molecule has 0 atom stereocenters. The zero-order chi connectivity index (χ0) is 22.1. The molecule has 1 fully saturated rings. The highest BCUT2D eigenvalue weighted by atomic mass is 35.5. The van der Waals surface area contributed by atoms with Crippen LogP contribution in [0, 0.1) is 0 Å². The van der Waals surface area contributed by atoms with Crippen molar-refractivity contribution < 1.29 is 22.7 Å². The van der Waals surface area contributed by atoms with Crippen LogP contribution in [0.15, 0.2) is 23.1 Å². The standard InChI is InChI=1S/C19H29ClN4O5S/c1-23(14-19(26)21-8-12-29-2)11-7-18(25)22-17-13-15(5-6-16(17)20)30(27,28)24-9-3-4-10-24/h5-6,13H,3-4,7-12,14H2,1-2H3,(H,21,26)(H,22,25). The average Bonchev–Trinajstić information content (AvgIpc) is 3.24. The number of likely N-dealkylation sites (N-methyl/N-ethyl adjacent to an activating group) is 1. The highest BCUT2D eigenvalue weighted by molar-refractivity contribution is 7.89. The van der Waals surface area contributed by atoms with Crippen molar-refractivity contribution in [2.75, 3.05) is 58.8 Å². The van der Waals surface area contributed by atoms with E-state index in [2.05, 4.69) is 10.6 Å². The van der Waals surface area contributed by atoms with Gasteiger partial charge in [0.15, 0.2) is 0 Å². The first-order valence-electron chi connectivity index (χ1n) is 9.78. The van der Waals surface area contributed by atoms with Gasteiger partial charge in [-0.25, -0.2) is 8.42 Å². The summed E-state index contributed by atoms with van der Waals surface area (Å²) in [4.78, 5) is 25.9. The van der Waals surface area contributed by atoms with Crippen LogP contribution < -0.4 is 10.6 Å². The van der Waals surface area contributed by atoms with Crippen molar-refractivity contribution in [3.05, 3.63) is 23.2 Å². The van der Waals surface area contributed by atoms with Crippen LogP contribution in [0.4, 0.5) is 5.69 Å². The number of hydrogen-bond acceptors (Lipinski definition) is 6. The van der Waals surface area contributed by atoms with Crippen molar-refractivity contribution in [1.29, 1.82) is 0 Å². The van der Waals surface area contributed by atoms with E-state index in [4.69, 9.17) is 16.3 Å². The smallest absolute Gasteiger partial charge is 0.243 e. The molecule has 0 spiro atoms. The highest BCUT2D eigenvalue weighted by Crippen LogP contribution is 2.28. The molecule has 2 amide bonds. The zero-order valence-electron chi connectivity index (χ0n) is 17.3. The van der Waals surface area contributed by atoms with E-state index >= 15 is 0 Å². The minimum absolute atomic E-state index is 0.106. The van der Waals surface area contributed by atoms with Gasteiger partial charge in [0.05, 0.1) is 28.8 Å². The number of nitrogens with zero attached hydrogens (tertiary/aromatic N) is 2. The molecule has 0 aromatic heterocycles. The third-order valence-corrected chi connectivity index (χ3v) is 6.90. The van der Waals surface area contributed by atoms with Crippen molar-refractivity contribution in [2.24, 2.45) is 0 Å². The van der Waals surface area contributed by atoms with Gasteiger partial charge in [-0.3, -0.25) is 14.5 Å². The van der Waals surface area contributed by atoms with Gasteiger partial charge in [-0.15, -0.1) is 0 Å². The molecule has 1 aromatic rings. The summed E-state index contributed by atoms with van der Waals surface area (Å²) in [7, 11) is -0.309. The molecule has 168 valence electrons. The van der Waals surface area contributed by atoms with E-state index in [-0.39, 0.29) is 40.4 Å². The first-order valence-corrected chi connectivity index (χ1v) is 11.6. The molecular formula is C19H29ClN4O5S. The molecule has 2 N–H and O–H groups in total. The lowest BCUT2D eigenvalue weighted by Crippen LogP contribution is -2.37. The second-order valence-electron chi connectivity index (χ2n) is 7.13. The number of hydrogen-bond donors (Lipinski definition) is 2. The number of carbonyl (C=O) groups excluding carboxylic acids is 2. The van der Waals surface area contributed by atoms with Crippen LogP contribution in [0.3, 0.4) is 0 Å². The fourth-order valence-electron chi connectivity index (χ4n) is 3.02. The van der Waals surface area contributed by atoms with Gasteiger partial charge >= 0.3 is 0 Å². The predicted molar refractivity (Wildman–Crippen MR) is 115 cm³/mol. The molecule has 1 aromatic carbocycles. The maximum atomic E-state index is 12.7. The Balaban J connectivity index is 1.89. The molecule has 0 bridgehead atoms. The van der Waals surface area contributed by atoms with E-state index in [1.165, 1.54) is 22.5 Å². The quantitative estimate of drug-likeness (QED) is 0.479. The number of halogens is 1. The number of amides is 2. The Kier molecular flexibility index (Phi) is 9.50. The first-order chi connectivity index (χ1) is 14.2. The van der Waals surface area contributed by atoms with Crippen molar-refractivity contribution in [3.63, 3.8) is 0 Å². The topological polar surface area (TPSA) is 108 Å². The molecule has 1 saturated heterocycles. The highest BCUT2D eigenvalue weighted by Gasteiger charge is 2.27. The van der Waals surface area contributed by atoms with Crippen molar-refractivity contribution in [2.45, 2.75) is 24.2 Å². The predicted octanol–water partition coefficient (Wildman–Crippen LogP) is 1.15. The summed E-state index contributed by atoms with van der Waals surface area (Å²) in [6.45, 7) is 2.37. The van der Waals surface area contributed by atoms with Crippen LogP contribution in [-0.2, 0) is 24.3 Å². The second kappa shape index (κ2) is 11.6. The minimum atomic E-state index is -3.60. The van der Waals surface area contributed by atoms with E-state index in [0.717, 1.165) is 12.8 Å². The maximum absolute atomic E-state index is 12.7. The molecule has 1 heterocycles. The molecule has 9 nitrogen and oxygen atoms in total. The van der Waals surface area contributed by atoms with Crippen LogP contribution >= 0.6 is 11.6 Å². The van der Waals surface area contributed by atoms with Gasteiger partial charge in [-0.05, 0) is 38.1 Å². The largest absolute Gasteiger partial charge is 0.383 e. The van der Waals surface area contributed by atoms with Gasteiger partial charge in [0, 0.05) is 39.7 Å². The molecule has 0 radical (unpaired) electrons. The Hall–Kier alpha value is -1.72. The summed E-state index contributed by atoms with van der Waals surface area (Å²) in [6.07, 6.45) is 1.81. The Labute approximate surface area is 182 Å². The van der Waals surface area contributed by atoms with Gasteiger partial charge in [0.2, 0.25) is 21.8 Å². The molecule has 0 saturated carbocycles. The summed E-state index contributed by atoms with van der Waals surface area (Å²) in [5.74, 6) is -0.475. The van der Waals surface area contributed by atoms with Crippen molar-refractivity contribution in [3.8, 4) is 0 Å². The Morgan fingerprint density at radius 2 is 1.93 bits per heavy atom. The fraction of sp³-hybridized carbons (Fsp3) is 0.579. The molecule has 11 heteroatoms. The lowest BCUT2D eigenvalue weighted by Gasteiger charge is -2.18. The summed E-state index contributed by atoms with van der Waals surface area (Å²) >= 11 is 6.15. The van der Waals surface area contributed by atoms with Gasteiger partial charge in [0.1, 0.15) is 0 Å². The van der Waals surface area contributed by atoms with Gasteiger partial charge < -0.3 is 15.4 Å². The molecule has 0 unspecified atom stereocenters. The minimum Gasteiger partial charge on any atom is -0.383 e. The zero-order valence-corrected chi connectivity index (χ0v) is 18.9. The van der Waals surface area contributed by atoms with E-state index < -0.39 is 10.0 Å². The van der Waals surface area contributed by atoms with Crippen LogP contribution in [0.5, 0.6) is 0 Å². The average molecular weight is 461 g/mol. The summed E-state index contributed by atoms with van der Waals surface area (Å²) in [5.41, 5.74) is 0.252. The number of nitrogens with one attached hydrogen (secondary N) is 2. The van der Waals surface area contributed by atoms with Crippen LogP contribution in [0.1, 0.15) is 19.3 Å². The first kappa shape index (κ1) is 24.5. The van der Waals surface area contributed by atoms with Crippen LogP contribution in [0.25, 0.3) is 0 Å². The third-order valence-electron chi connectivity index (χ3n) is 4.68. The normalized spacial score (nSPS) is 14.8. The molecule has 0 aliphatic carbocycles. The summed E-state index contributed by atoms with van der Waals surface area (Å²) in [5, 5.41) is 5.63. The number of rotatable bonds is 11. The van der Waals surface area contributed by atoms with Crippen molar-refractivity contribution >= 4 is 39.1 Å². The third kappa shape index (κ3) is 7.21. The Morgan fingerprint density at radius 1 is 1.23 bits per heavy atom. The van der Waals surface area contributed by atoms with E-state index in [1.807, 2.05) is 0 Å². The SMILES string of the molecule is COCCNC(=O)CN(C)CCC(=O)Nc1cc(S(=O)(=O)N2CCCC2)ccc1Cl. The summed E-state index contributed by atoms with van der Waals surface area (Å²) < 4.78 is 31.7. The molecule has 2 rings (SSSR count). The number of anilines is 1. The van der Waals surface area contributed by atoms with Crippen LogP contribution in [-0.4, -0.2) is 82.9 Å². The number of ether oxygens (including phenoxy) is 1. The molecule has 30 heavy (non-hydrogen) atoms. The summed E-state index contributed by atoms with van der Waals surface area (Å²) in [6, 6.07) is 4.30. The molecule has 1 aliphatic heterocycles. The van der Waals surface area contributed by atoms with E-state index in [0.29, 0.717) is 32.8 Å². The maximum Gasteiger partial charge on any atom is 0.243 e. The Bertz CT molecular complexity index is 843. The number of methoxy groups -OCH3 is 1. The van der Waals surface area contributed by atoms with E-state index in [1.54, 1.807) is 19.1 Å². The fourth-order valence-corrected chi connectivity index (χ4v) is 4.72. The second-order valence-corrected chi connectivity index (χ2v) is 9.48. The monoisotopic (exact) mass is 460 g/mol. The lowest BCUT2D eigenvalue weighted by atomic mass is 10.3. The van der Waals surface area contributed by atoms with Gasteiger partial charge in [-0.1, -0.05) is 11.6 Å². The Morgan fingerprint density at radius 3 is 2.60 bits per heavy atom. The van der Waals surface area contributed by atoms with E-state index in [9.17, 15) is 18.0 Å². The van der Waals surface area contributed by atoms with Gasteiger partial charge in [-0.2, -0.15) is 4.31 Å². The number of carbonyl (C=O) groups is 2. The van der Waals surface area contributed by atoms with Crippen LogP contribution in [0.2, 0.25) is 5.02 Å². The number of sulfonamides is 1. The van der Waals surface area contributed by atoms with Gasteiger partial charge in [0.25, 0.3) is 0 Å². The number of benzene rings is 1. The molecular weight excluding hydrogens is 432 g/mol. The molecule has 1 aliphatic rings. The van der Waals surface area contributed by atoms with Crippen molar-refractivity contribution in [1.82, 2.24) is 14.5 Å². The lowest BCUT2D eigenvalue weighted by molar-refractivity contribution is -0.123.